The zero-order valence-corrected chi connectivity index (χ0v) is 8.98. The molecule has 0 aromatic carbocycles. The predicted molar refractivity (Wildman–Crippen MR) is 49.4 cm³/mol. The van der Waals surface area contributed by atoms with Gasteiger partial charge >= 0.3 is 0 Å². The van der Waals surface area contributed by atoms with Gasteiger partial charge in [0, 0.05) is 7.11 Å². The predicted octanol–water partition coefficient (Wildman–Crippen LogP) is 1.30. The Balaban J connectivity index is 2.84. The highest BCUT2D eigenvalue weighted by molar-refractivity contribution is 6.76. The van der Waals surface area contributed by atoms with Crippen LogP contribution in [-0.4, -0.2) is 29.9 Å². The molecule has 12 heavy (non-hydrogen) atoms. The highest BCUT2D eigenvalue weighted by atomic mass is 28.3. The Morgan fingerprint density at radius 2 is 2.08 bits per heavy atom. The SMILES string of the molecule is COC(n1cncn1)[Si](C)(C)C. The second-order valence-electron chi connectivity index (χ2n) is 3.83. The van der Waals surface area contributed by atoms with E-state index >= 15 is 0 Å². The van der Waals surface area contributed by atoms with E-state index in [-0.39, 0.29) is 5.85 Å². The van der Waals surface area contributed by atoms with Crippen molar-refractivity contribution in [1.82, 2.24) is 14.8 Å². The van der Waals surface area contributed by atoms with Crippen molar-refractivity contribution in [2.24, 2.45) is 0 Å². The van der Waals surface area contributed by atoms with Crippen molar-refractivity contribution in [1.29, 1.82) is 0 Å². The molecule has 4 nitrogen and oxygen atoms in total. The molecule has 0 aliphatic heterocycles. The van der Waals surface area contributed by atoms with E-state index in [9.17, 15) is 0 Å². The van der Waals surface area contributed by atoms with E-state index in [1.807, 2.05) is 0 Å². The summed E-state index contributed by atoms with van der Waals surface area (Å²) < 4.78 is 7.17. The molecule has 1 aromatic heterocycles. The summed E-state index contributed by atoms with van der Waals surface area (Å²) in [6.45, 7) is 6.72. The van der Waals surface area contributed by atoms with E-state index in [1.165, 1.54) is 6.33 Å². The minimum atomic E-state index is -1.35. The van der Waals surface area contributed by atoms with E-state index in [1.54, 1.807) is 18.1 Å². The van der Waals surface area contributed by atoms with Crippen LogP contribution in [-0.2, 0) is 4.74 Å². The Labute approximate surface area is 73.6 Å². The van der Waals surface area contributed by atoms with Gasteiger partial charge in [0.15, 0.2) is 0 Å². The van der Waals surface area contributed by atoms with Gasteiger partial charge in [0.2, 0.25) is 0 Å². The van der Waals surface area contributed by atoms with Crippen LogP contribution in [0.4, 0.5) is 0 Å². The van der Waals surface area contributed by atoms with Gasteiger partial charge in [-0.3, -0.25) is 0 Å². The highest BCUT2D eigenvalue weighted by Gasteiger charge is 2.28. The Morgan fingerprint density at radius 1 is 1.42 bits per heavy atom. The summed E-state index contributed by atoms with van der Waals surface area (Å²) in [6, 6.07) is 0. The maximum atomic E-state index is 5.38. The zero-order valence-electron chi connectivity index (χ0n) is 7.98. The molecule has 1 heterocycles. The second kappa shape index (κ2) is 3.36. The van der Waals surface area contributed by atoms with Gasteiger partial charge < -0.3 is 4.74 Å². The monoisotopic (exact) mass is 185 g/mol. The lowest BCUT2D eigenvalue weighted by Crippen LogP contribution is -2.36. The minimum Gasteiger partial charge on any atom is -0.363 e. The van der Waals surface area contributed by atoms with Crippen molar-refractivity contribution < 1.29 is 4.74 Å². The summed E-state index contributed by atoms with van der Waals surface area (Å²) >= 11 is 0. The molecule has 0 bridgehead atoms. The average molecular weight is 185 g/mol. The van der Waals surface area contributed by atoms with Gasteiger partial charge in [-0.25, -0.2) is 9.67 Å². The molecule has 0 radical (unpaired) electrons. The first kappa shape index (κ1) is 9.41. The maximum absolute atomic E-state index is 5.38. The van der Waals surface area contributed by atoms with Crippen molar-refractivity contribution in [3.63, 3.8) is 0 Å². The van der Waals surface area contributed by atoms with Gasteiger partial charge in [-0.2, -0.15) is 5.10 Å². The lowest BCUT2D eigenvalue weighted by molar-refractivity contribution is 0.0931. The molecule has 1 atom stereocenters. The van der Waals surface area contributed by atoms with Crippen molar-refractivity contribution >= 4 is 8.07 Å². The largest absolute Gasteiger partial charge is 0.363 e. The maximum Gasteiger partial charge on any atom is 0.137 e. The van der Waals surface area contributed by atoms with Crippen LogP contribution >= 0.6 is 0 Å². The summed E-state index contributed by atoms with van der Waals surface area (Å²) in [5, 5.41) is 4.07. The van der Waals surface area contributed by atoms with Crippen LogP contribution in [0.5, 0.6) is 0 Å². The van der Waals surface area contributed by atoms with Gasteiger partial charge in [0.25, 0.3) is 0 Å². The Bertz CT molecular complexity index is 229. The van der Waals surface area contributed by atoms with Crippen LogP contribution < -0.4 is 0 Å². The lowest BCUT2D eigenvalue weighted by Gasteiger charge is -2.26. The van der Waals surface area contributed by atoms with Gasteiger partial charge in [-0.15, -0.1) is 0 Å². The topological polar surface area (TPSA) is 39.9 Å². The van der Waals surface area contributed by atoms with Crippen LogP contribution in [0.3, 0.4) is 0 Å². The number of ether oxygens (including phenoxy) is 1. The first-order chi connectivity index (χ1) is 5.55. The second-order valence-corrected chi connectivity index (χ2v) is 9.06. The number of hydrogen-bond donors (Lipinski definition) is 0. The third kappa shape index (κ3) is 1.92. The zero-order chi connectivity index (χ0) is 9.19. The molecule has 1 rings (SSSR count). The number of aromatic nitrogens is 3. The van der Waals surface area contributed by atoms with Gasteiger partial charge in [-0.05, 0) is 0 Å². The van der Waals surface area contributed by atoms with E-state index in [0.29, 0.717) is 0 Å². The third-order valence-electron chi connectivity index (χ3n) is 1.64. The van der Waals surface area contributed by atoms with Crippen LogP contribution in [0.25, 0.3) is 0 Å². The molecule has 1 aromatic rings. The molecule has 5 heteroatoms. The Hall–Kier alpha value is -0.683. The number of nitrogens with zero attached hydrogens (tertiary/aromatic N) is 3. The molecule has 0 amide bonds. The molecule has 0 fully saturated rings. The van der Waals surface area contributed by atoms with Crippen molar-refractivity contribution in [2.45, 2.75) is 25.5 Å². The molecule has 0 aliphatic carbocycles. The fourth-order valence-electron chi connectivity index (χ4n) is 1.20. The molecular weight excluding hydrogens is 170 g/mol. The molecule has 0 N–H and O–H groups in total. The highest BCUT2D eigenvalue weighted by Crippen LogP contribution is 2.19. The number of rotatable bonds is 3. The number of hydrogen-bond acceptors (Lipinski definition) is 3. The van der Waals surface area contributed by atoms with Gasteiger partial charge in [0.05, 0.1) is 0 Å². The smallest absolute Gasteiger partial charge is 0.137 e. The summed E-state index contributed by atoms with van der Waals surface area (Å²) in [5.41, 5.74) is 0. The van der Waals surface area contributed by atoms with Crippen LogP contribution in [0, 0.1) is 0 Å². The lowest BCUT2D eigenvalue weighted by atomic mass is 11.1. The Morgan fingerprint density at radius 3 is 2.42 bits per heavy atom. The van der Waals surface area contributed by atoms with Crippen LogP contribution in [0.15, 0.2) is 12.7 Å². The Kier molecular flexibility index (Phi) is 2.64. The van der Waals surface area contributed by atoms with Gasteiger partial charge in [0.1, 0.15) is 26.6 Å². The van der Waals surface area contributed by atoms with Crippen LogP contribution in [0.2, 0.25) is 19.6 Å². The minimum absolute atomic E-state index is 0.0833. The number of methoxy groups -OCH3 is 1. The molecule has 0 saturated carbocycles. The fraction of sp³-hybridized carbons (Fsp3) is 0.714. The summed E-state index contributed by atoms with van der Waals surface area (Å²) in [7, 11) is 0.360. The molecule has 68 valence electrons. The standard InChI is InChI=1S/C7H15N3OSi/c1-11-7(12(2,3)4)10-6-8-5-9-10/h5-7H,1-4H3. The molecular formula is C7H15N3OSi. The van der Waals surface area contributed by atoms with Crippen LogP contribution in [0.1, 0.15) is 5.85 Å². The van der Waals surface area contributed by atoms with E-state index in [4.69, 9.17) is 4.74 Å². The van der Waals surface area contributed by atoms with Gasteiger partial charge in [-0.1, -0.05) is 19.6 Å². The molecule has 1 unspecified atom stereocenters. The molecule has 0 spiro atoms. The summed E-state index contributed by atoms with van der Waals surface area (Å²) in [4.78, 5) is 3.90. The summed E-state index contributed by atoms with van der Waals surface area (Å²) in [6.07, 6.45) is 3.23. The van der Waals surface area contributed by atoms with E-state index in [0.717, 1.165) is 0 Å². The van der Waals surface area contributed by atoms with Crippen molar-refractivity contribution in [3.05, 3.63) is 12.7 Å². The molecule has 0 saturated heterocycles. The first-order valence-electron chi connectivity index (χ1n) is 3.92. The van der Waals surface area contributed by atoms with Crippen molar-refractivity contribution in [3.8, 4) is 0 Å². The van der Waals surface area contributed by atoms with Crippen molar-refractivity contribution in [2.75, 3.05) is 7.11 Å². The molecule has 0 aliphatic rings. The third-order valence-corrected chi connectivity index (χ3v) is 3.62. The summed E-state index contributed by atoms with van der Waals surface area (Å²) in [5.74, 6) is 0.0833. The first-order valence-corrected chi connectivity index (χ1v) is 7.50. The van der Waals surface area contributed by atoms with E-state index in [2.05, 4.69) is 29.7 Å². The average Bonchev–Trinajstić information content (AvgIpc) is 2.38. The normalized spacial score (nSPS) is 14.7. The quantitative estimate of drug-likeness (QED) is 0.666. The van der Waals surface area contributed by atoms with E-state index < -0.39 is 8.07 Å². The fourth-order valence-corrected chi connectivity index (χ4v) is 2.83.